The summed E-state index contributed by atoms with van der Waals surface area (Å²) in [7, 11) is 0. The Labute approximate surface area is 160 Å². The van der Waals surface area contributed by atoms with Crippen LogP contribution in [0.5, 0.6) is 0 Å². The van der Waals surface area contributed by atoms with Crippen LogP contribution in [0.4, 0.5) is 4.39 Å². The van der Waals surface area contributed by atoms with Gasteiger partial charge in [0.15, 0.2) is 0 Å². The molecule has 27 heavy (non-hydrogen) atoms. The third-order valence-electron chi connectivity index (χ3n) is 6.12. The highest BCUT2D eigenvalue weighted by molar-refractivity contribution is 5.85. The Bertz CT molecular complexity index is 648. The number of hydrogen-bond donors (Lipinski definition) is 1. The molecule has 0 radical (unpaired) electrons. The van der Waals surface area contributed by atoms with Crippen LogP contribution in [0, 0.1) is 5.82 Å². The second kappa shape index (κ2) is 8.93. The number of ketones is 1. The smallest absolute Gasteiger partial charge is 0.238 e. The van der Waals surface area contributed by atoms with E-state index in [-0.39, 0.29) is 17.5 Å². The van der Waals surface area contributed by atoms with E-state index in [2.05, 4.69) is 9.80 Å². The highest BCUT2D eigenvalue weighted by Crippen LogP contribution is 2.31. The first-order chi connectivity index (χ1) is 13.0. The van der Waals surface area contributed by atoms with E-state index in [1.807, 2.05) is 0 Å². The summed E-state index contributed by atoms with van der Waals surface area (Å²) in [5.41, 5.74) is 6.16. The average molecular weight is 375 g/mol. The number of benzene rings is 1. The van der Waals surface area contributed by atoms with Gasteiger partial charge in [0.2, 0.25) is 5.91 Å². The Morgan fingerprint density at radius 3 is 2.22 bits per heavy atom. The van der Waals surface area contributed by atoms with Gasteiger partial charge in [-0.2, -0.15) is 0 Å². The van der Waals surface area contributed by atoms with Crippen molar-refractivity contribution in [1.82, 2.24) is 9.80 Å². The molecule has 0 spiro atoms. The standard InChI is InChI=1S/C21H30FN3O2/c22-18-6-4-17(5-7-18)16-19(26)8-13-24-14-9-21(10-15-24,20(23)27)25-11-2-1-3-12-25/h4-7H,1-3,8-16H2,(H2,23,27). The summed E-state index contributed by atoms with van der Waals surface area (Å²) in [6.07, 6.45) is 5.81. The van der Waals surface area contributed by atoms with Gasteiger partial charge in [0.1, 0.15) is 17.1 Å². The van der Waals surface area contributed by atoms with Crippen molar-refractivity contribution in [2.75, 3.05) is 32.7 Å². The summed E-state index contributed by atoms with van der Waals surface area (Å²) in [6.45, 7) is 4.21. The monoisotopic (exact) mass is 375 g/mol. The lowest BCUT2D eigenvalue weighted by Gasteiger charge is -2.48. The Morgan fingerprint density at radius 2 is 1.63 bits per heavy atom. The molecule has 1 amide bonds. The highest BCUT2D eigenvalue weighted by atomic mass is 19.1. The minimum atomic E-state index is -0.505. The molecule has 2 aliphatic heterocycles. The summed E-state index contributed by atoms with van der Waals surface area (Å²) >= 11 is 0. The molecule has 0 atom stereocenters. The largest absolute Gasteiger partial charge is 0.368 e. The van der Waals surface area contributed by atoms with E-state index in [1.165, 1.54) is 18.6 Å². The Kier molecular flexibility index (Phi) is 6.60. The summed E-state index contributed by atoms with van der Waals surface area (Å²) in [6, 6.07) is 6.09. The summed E-state index contributed by atoms with van der Waals surface area (Å²) in [5.74, 6) is -0.327. The maximum atomic E-state index is 12.9. The number of likely N-dealkylation sites (tertiary alicyclic amines) is 2. The van der Waals surface area contributed by atoms with Gasteiger partial charge in [-0.3, -0.25) is 14.5 Å². The zero-order valence-corrected chi connectivity index (χ0v) is 16.0. The quantitative estimate of drug-likeness (QED) is 0.793. The molecule has 6 heteroatoms. The van der Waals surface area contributed by atoms with Crippen molar-refractivity contribution in [2.45, 2.75) is 50.5 Å². The molecular formula is C21H30FN3O2. The van der Waals surface area contributed by atoms with E-state index < -0.39 is 5.54 Å². The topological polar surface area (TPSA) is 66.6 Å². The van der Waals surface area contributed by atoms with Crippen molar-refractivity contribution in [1.29, 1.82) is 0 Å². The average Bonchev–Trinajstić information content (AvgIpc) is 2.69. The first-order valence-corrected chi connectivity index (χ1v) is 10.0. The van der Waals surface area contributed by atoms with Crippen molar-refractivity contribution in [3.63, 3.8) is 0 Å². The number of nitrogens with zero attached hydrogens (tertiary/aromatic N) is 2. The number of hydrogen-bond acceptors (Lipinski definition) is 4. The summed E-state index contributed by atoms with van der Waals surface area (Å²) in [4.78, 5) is 29.0. The molecule has 0 unspecified atom stereocenters. The van der Waals surface area contributed by atoms with Crippen LogP contribution < -0.4 is 5.73 Å². The van der Waals surface area contributed by atoms with Crippen LogP contribution in [0.1, 0.15) is 44.1 Å². The predicted octanol–water partition coefficient (Wildman–Crippen LogP) is 2.13. The first kappa shape index (κ1) is 20.0. The van der Waals surface area contributed by atoms with Crippen LogP contribution in [0.15, 0.2) is 24.3 Å². The zero-order valence-electron chi connectivity index (χ0n) is 16.0. The van der Waals surface area contributed by atoms with Crippen LogP contribution >= 0.6 is 0 Å². The lowest BCUT2D eigenvalue weighted by molar-refractivity contribution is -0.135. The van der Waals surface area contributed by atoms with Crippen LogP contribution in [0.3, 0.4) is 0 Å². The lowest BCUT2D eigenvalue weighted by Crippen LogP contribution is -2.63. The van der Waals surface area contributed by atoms with Crippen LogP contribution in [0.25, 0.3) is 0 Å². The molecule has 2 fully saturated rings. The third kappa shape index (κ3) is 4.93. The molecule has 2 N–H and O–H groups in total. The van der Waals surface area contributed by atoms with Crippen LogP contribution in [-0.2, 0) is 16.0 Å². The van der Waals surface area contributed by atoms with Crippen molar-refractivity contribution in [3.8, 4) is 0 Å². The lowest BCUT2D eigenvalue weighted by atomic mass is 9.83. The molecule has 3 rings (SSSR count). The van der Waals surface area contributed by atoms with Crippen molar-refractivity contribution < 1.29 is 14.0 Å². The third-order valence-corrected chi connectivity index (χ3v) is 6.12. The molecule has 0 saturated carbocycles. The molecule has 1 aromatic carbocycles. The van der Waals surface area contributed by atoms with Gasteiger partial charge in [0.25, 0.3) is 0 Å². The summed E-state index contributed by atoms with van der Waals surface area (Å²) in [5, 5.41) is 0. The number of nitrogens with two attached hydrogens (primary N) is 1. The first-order valence-electron chi connectivity index (χ1n) is 10.0. The Hall–Kier alpha value is -1.79. The molecule has 1 aromatic rings. The van der Waals surface area contributed by atoms with Gasteiger partial charge >= 0.3 is 0 Å². The fraction of sp³-hybridized carbons (Fsp3) is 0.619. The van der Waals surface area contributed by atoms with Gasteiger partial charge in [0.05, 0.1) is 0 Å². The van der Waals surface area contributed by atoms with Gasteiger partial charge < -0.3 is 10.6 Å². The van der Waals surface area contributed by atoms with Crippen LogP contribution in [0.2, 0.25) is 0 Å². The fourth-order valence-electron chi connectivity index (χ4n) is 4.39. The van der Waals surface area contributed by atoms with Gasteiger partial charge in [-0.25, -0.2) is 4.39 Å². The highest BCUT2D eigenvalue weighted by Gasteiger charge is 2.44. The van der Waals surface area contributed by atoms with E-state index in [0.717, 1.165) is 57.4 Å². The molecule has 5 nitrogen and oxygen atoms in total. The number of halogens is 1. The van der Waals surface area contributed by atoms with E-state index in [1.54, 1.807) is 12.1 Å². The van der Waals surface area contributed by atoms with Gasteiger partial charge in [-0.1, -0.05) is 18.6 Å². The number of rotatable bonds is 7. The molecule has 2 saturated heterocycles. The molecule has 2 heterocycles. The van der Waals surface area contributed by atoms with E-state index >= 15 is 0 Å². The second-order valence-electron chi connectivity index (χ2n) is 7.88. The molecule has 148 valence electrons. The number of Topliss-reactive ketones (excluding diaryl/α,β-unsaturated/α-hetero) is 1. The molecule has 0 aliphatic carbocycles. The zero-order chi connectivity index (χ0) is 19.3. The Balaban J connectivity index is 1.47. The fourth-order valence-corrected chi connectivity index (χ4v) is 4.39. The molecular weight excluding hydrogens is 345 g/mol. The number of piperidine rings is 2. The summed E-state index contributed by atoms with van der Waals surface area (Å²) < 4.78 is 12.9. The van der Waals surface area contributed by atoms with Gasteiger partial charge in [0, 0.05) is 32.5 Å². The van der Waals surface area contributed by atoms with Crippen molar-refractivity contribution in [3.05, 3.63) is 35.6 Å². The van der Waals surface area contributed by atoms with Gasteiger partial charge in [-0.15, -0.1) is 0 Å². The molecule has 0 bridgehead atoms. The van der Waals surface area contributed by atoms with E-state index in [4.69, 9.17) is 5.73 Å². The second-order valence-corrected chi connectivity index (χ2v) is 7.88. The number of carbonyl (C=O) groups is 2. The number of amides is 1. The van der Waals surface area contributed by atoms with E-state index in [0.29, 0.717) is 19.4 Å². The predicted molar refractivity (Wildman–Crippen MR) is 103 cm³/mol. The van der Waals surface area contributed by atoms with Crippen molar-refractivity contribution >= 4 is 11.7 Å². The Morgan fingerprint density at radius 1 is 1.00 bits per heavy atom. The molecule has 0 aromatic heterocycles. The van der Waals surface area contributed by atoms with Crippen LogP contribution in [-0.4, -0.2) is 59.8 Å². The maximum Gasteiger partial charge on any atom is 0.238 e. The van der Waals surface area contributed by atoms with Gasteiger partial charge in [-0.05, 0) is 56.5 Å². The normalized spacial score (nSPS) is 21.1. The number of primary amides is 1. The minimum absolute atomic E-state index is 0.157. The number of carbonyl (C=O) groups excluding carboxylic acids is 2. The van der Waals surface area contributed by atoms with Crippen molar-refractivity contribution in [2.24, 2.45) is 5.73 Å². The van der Waals surface area contributed by atoms with E-state index in [9.17, 15) is 14.0 Å². The minimum Gasteiger partial charge on any atom is -0.368 e. The maximum absolute atomic E-state index is 12.9. The SMILES string of the molecule is NC(=O)C1(N2CCCCC2)CCN(CCC(=O)Cc2ccc(F)cc2)CC1. The molecule has 2 aliphatic rings.